The van der Waals surface area contributed by atoms with Crippen molar-refractivity contribution >= 4 is 33.2 Å². The monoisotopic (exact) mass is 459 g/mol. The number of carbonyl (C=O) groups is 2. The zero-order chi connectivity index (χ0) is 23.3. The van der Waals surface area contributed by atoms with Gasteiger partial charge in [0.2, 0.25) is 5.91 Å². The number of sulfonamides is 1. The molecule has 7 nitrogen and oxygen atoms in total. The lowest BCUT2D eigenvalue weighted by atomic mass is 10.2. The van der Waals surface area contributed by atoms with Gasteiger partial charge in [0.05, 0.1) is 11.4 Å². The highest BCUT2D eigenvalue weighted by molar-refractivity contribution is 7.92. The summed E-state index contributed by atoms with van der Waals surface area (Å²) in [6.07, 6.45) is 0. The van der Waals surface area contributed by atoms with Gasteiger partial charge in [0.1, 0.15) is 0 Å². The molecule has 10 heteroatoms. The Balaban J connectivity index is 1.57. The number of aryl methyl sites for hydroxylation is 1. The third-order valence-electron chi connectivity index (χ3n) is 4.34. The van der Waals surface area contributed by atoms with Gasteiger partial charge in [-0.1, -0.05) is 17.7 Å². The maximum absolute atomic E-state index is 13.2. The summed E-state index contributed by atoms with van der Waals surface area (Å²) in [7, 11) is -3.84. The van der Waals surface area contributed by atoms with Gasteiger partial charge in [0.25, 0.3) is 15.9 Å². The van der Waals surface area contributed by atoms with E-state index in [0.717, 1.165) is 17.7 Å². The second-order valence-electron chi connectivity index (χ2n) is 6.86. The smallest absolute Gasteiger partial charge is 0.261 e. The van der Waals surface area contributed by atoms with Gasteiger partial charge in [-0.3, -0.25) is 14.3 Å². The van der Waals surface area contributed by atoms with E-state index < -0.39 is 40.0 Å². The Labute approximate surface area is 183 Å². The van der Waals surface area contributed by atoms with E-state index >= 15 is 0 Å². The molecule has 3 aromatic carbocycles. The second kappa shape index (κ2) is 9.56. The molecule has 0 saturated carbocycles. The SMILES string of the molecule is Cc1ccc(NS(=O)(=O)c2ccc(C(=O)NCC(=O)Nc3ccc(F)c(F)c3)cc2)cc1. The van der Waals surface area contributed by atoms with Gasteiger partial charge < -0.3 is 10.6 Å². The standard InChI is InChI=1S/C22H19F2N3O4S/c1-14-2-6-16(7-3-14)27-32(30,31)18-9-4-15(5-10-18)22(29)25-13-21(28)26-17-8-11-19(23)20(24)12-17/h2-12,27H,13H2,1H3,(H,25,29)(H,26,28). The van der Waals surface area contributed by atoms with E-state index in [1.807, 2.05) is 6.92 Å². The van der Waals surface area contributed by atoms with Crippen molar-refractivity contribution in [3.8, 4) is 0 Å². The van der Waals surface area contributed by atoms with Crippen LogP contribution in [0.1, 0.15) is 15.9 Å². The van der Waals surface area contributed by atoms with E-state index in [0.29, 0.717) is 5.69 Å². The van der Waals surface area contributed by atoms with E-state index in [9.17, 15) is 26.8 Å². The van der Waals surface area contributed by atoms with Gasteiger partial charge in [-0.2, -0.15) is 0 Å². The molecule has 0 spiro atoms. The van der Waals surface area contributed by atoms with Crippen LogP contribution in [0.2, 0.25) is 0 Å². The Morgan fingerprint density at radius 2 is 1.47 bits per heavy atom. The summed E-state index contributed by atoms with van der Waals surface area (Å²) in [5.74, 6) is -3.42. The van der Waals surface area contributed by atoms with Crippen LogP contribution in [0.4, 0.5) is 20.2 Å². The molecule has 3 N–H and O–H groups in total. The molecule has 3 aromatic rings. The molecule has 32 heavy (non-hydrogen) atoms. The lowest BCUT2D eigenvalue weighted by molar-refractivity contribution is -0.115. The number of amides is 2. The molecule has 0 atom stereocenters. The largest absolute Gasteiger partial charge is 0.343 e. The summed E-state index contributed by atoms with van der Waals surface area (Å²) in [5.41, 5.74) is 1.57. The maximum Gasteiger partial charge on any atom is 0.261 e. The minimum Gasteiger partial charge on any atom is -0.343 e. The number of rotatable bonds is 7. The maximum atomic E-state index is 13.2. The molecule has 0 saturated heterocycles. The lowest BCUT2D eigenvalue weighted by Crippen LogP contribution is -2.32. The van der Waals surface area contributed by atoms with Gasteiger partial charge in [-0.25, -0.2) is 17.2 Å². The van der Waals surface area contributed by atoms with Crippen molar-refractivity contribution in [2.75, 3.05) is 16.6 Å². The first-order valence-corrected chi connectivity index (χ1v) is 10.8. The number of halogens is 2. The van der Waals surface area contributed by atoms with Crippen LogP contribution in [-0.2, 0) is 14.8 Å². The summed E-state index contributed by atoms with van der Waals surface area (Å²) in [6.45, 7) is 1.46. The van der Waals surface area contributed by atoms with E-state index in [-0.39, 0.29) is 16.1 Å². The predicted octanol–water partition coefficient (Wildman–Crippen LogP) is 3.44. The van der Waals surface area contributed by atoms with Crippen LogP contribution >= 0.6 is 0 Å². The van der Waals surface area contributed by atoms with E-state index in [4.69, 9.17) is 0 Å². The number of anilines is 2. The van der Waals surface area contributed by atoms with Crippen molar-refractivity contribution in [3.63, 3.8) is 0 Å². The Bertz CT molecular complexity index is 1250. The average Bonchev–Trinajstić information content (AvgIpc) is 2.76. The minimum absolute atomic E-state index is 0.0364. The van der Waals surface area contributed by atoms with E-state index in [1.54, 1.807) is 24.3 Å². The molecule has 0 fully saturated rings. The molecule has 0 aromatic heterocycles. The minimum atomic E-state index is -3.84. The first-order chi connectivity index (χ1) is 15.1. The number of hydrogen-bond donors (Lipinski definition) is 3. The van der Waals surface area contributed by atoms with Gasteiger partial charge in [0, 0.05) is 23.0 Å². The Morgan fingerprint density at radius 1 is 0.844 bits per heavy atom. The first-order valence-electron chi connectivity index (χ1n) is 9.37. The summed E-state index contributed by atoms with van der Waals surface area (Å²) >= 11 is 0. The quantitative estimate of drug-likeness (QED) is 0.503. The van der Waals surface area contributed by atoms with Crippen LogP contribution in [0.15, 0.2) is 71.6 Å². The third-order valence-corrected chi connectivity index (χ3v) is 5.74. The molecular weight excluding hydrogens is 440 g/mol. The second-order valence-corrected chi connectivity index (χ2v) is 8.54. The third kappa shape index (κ3) is 5.88. The molecule has 166 valence electrons. The van der Waals surface area contributed by atoms with Crippen LogP contribution in [-0.4, -0.2) is 26.8 Å². The van der Waals surface area contributed by atoms with Crippen LogP contribution in [0.3, 0.4) is 0 Å². The van der Waals surface area contributed by atoms with Crippen molar-refractivity contribution in [2.45, 2.75) is 11.8 Å². The summed E-state index contributed by atoms with van der Waals surface area (Å²) in [4.78, 5) is 24.1. The fourth-order valence-electron chi connectivity index (χ4n) is 2.66. The van der Waals surface area contributed by atoms with Gasteiger partial charge >= 0.3 is 0 Å². The Morgan fingerprint density at radius 3 is 2.09 bits per heavy atom. The number of nitrogens with one attached hydrogen (secondary N) is 3. The van der Waals surface area contributed by atoms with Gasteiger partial charge in [-0.05, 0) is 55.5 Å². The van der Waals surface area contributed by atoms with Crippen LogP contribution in [0.5, 0.6) is 0 Å². The van der Waals surface area contributed by atoms with Crippen molar-refractivity contribution in [3.05, 3.63) is 89.5 Å². The zero-order valence-electron chi connectivity index (χ0n) is 16.9. The fourth-order valence-corrected chi connectivity index (χ4v) is 3.72. The average molecular weight is 459 g/mol. The van der Waals surface area contributed by atoms with Crippen molar-refractivity contribution < 1.29 is 26.8 Å². The highest BCUT2D eigenvalue weighted by Gasteiger charge is 2.16. The molecule has 0 aliphatic rings. The molecule has 0 aliphatic carbocycles. The number of benzene rings is 3. The van der Waals surface area contributed by atoms with Gasteiger partial charge in [0.15, 0.2) is 11.6 Å². The summed E-state index contributed by atoms with van der Waals surface area (Å²) in [6, 6.07) is 14.9. The van der Waals surface area contributed by atoms with Crippen LogP contribution in [0, 0.1) is 18.6 Å². The molecule has 0 unspecified atom stereocenters. The Kier molecular flexibility index (Phi) is 6.84. The molecular formula is C22H19F2N3O4S. The number of hydrogen-bond acceptors (Lipinski definition) is 4. The van der Waals surface area contributed by atoms with Crippen molar-refractivity contribution in [2.24, 2.45) is 0 Å². The first kappa shape index (κ1) is 22.9. The van der Waals surface area contributed by atoms with Gasteiger partial charge in [-0.15, -0.1) is 0 Å². The number of carbonyl (C=O) groups excluding carboxylic acids is 2. The summed E-state index contributed by atoms with van der Waals surface area (Å²) < 4.78 is 53.5. The van der Waals surface area contributed by atoms with Crippen molar-refractivity contribution in [1.29, 1.82) is 0 Å². The Hall–Kier alpha value is -3.79. The van der Waals surface area contributed by atoms with Crippen LogP contribution in [0.25, 0.3) is 0 Å². The van der Waals surface area contributed by atoms with E-state index in [1.165, 1.54) is 30.3 Å². The van der Waals surface area contributed by atoms with E-state index in [2.05, 4.69) is 15.4 Å². The molecule has 0 aliphatic heterocycles. The zero-order valence-corrected chi connectivity index (χ0v) is 17.7. The topological polar surface area (TPSA) is 104 Å². The van der Waals surface area contributed by atoms with Crippen LogP contribution < -0.4 is 15.4 Å². The molecule has 0 heterocycles. The van der Waals surface area contributed by atoms with Crippen molar-refractivity contribution in [1.82, 2.24) is 5.32 Å². The molecule has 0 bridgehead atoms. The fraction of sp³-hybridized carbons (Fsp3) is 0.0909. The molecule has 2 amide bonds. The normalized spacial score (nSPS) is 11.0. The molecule has 0 radical (unpaired) electrons. The highest BCUT2D eigenvalue weighted by atomic mass is 32.2. The lowest BCUT2D eigenvalue weighted by Gasteiger charge is -2.10. The molecule has 3 rings (SSSR count). The summed E-state index contributed by atoms with van der Waals surface area (Å²) in [5, 5.41) is 4.69. The highest BCUT2D eigenvalue weighted by Crippen LogP contribution is 2.17. The predicted molar refractivity (Wildman–Crippen MR) is 116 cm³/mol.